The van der Waals surface area contributed by atoms with Crippen molar-refractivity contribution in [3.8, 4) is 5.75 Å². The first-order valence-electron chi connectivity index (χ1n) is 11.5. The van der Waals surface area contributed by atoms with E-state index in [1.807, 2.05) is 42.5 Å². The lowest BCUT2D eigenvalue weighted by Gasteiger charge is -2.29. The number of aliphatic hydroxyl groups is 1. The zero-order valence-electron chi connectivity index (χ0n) is 18.7. The normalized spacial score (nSPS) is 15.8. The molecule has 4 nitrogen and oxygen atoms in total. The Bertz CT molecular complexity index is 1140. The van der Waals surface area contributed by atoms with Gasteiger partial charge >= 0.3 is 0 Å². The molecule has 1 N–H and O–H groups in total. The number of fused-ring (bicyclic) bond motifs is 1. The number of rotatable bonds is 8. The minimum atomic E-state index is -0.486. The van der Waals surface area contributed by atoms with Crippen molar-refractivity contribution in [2.24, 2.45) is 0 Å². The van der Waals surface area contributed by atoms with Crippen molar-refractivity contribution in [2.45, 2.75) is 31.6 Å². The van der Waals surface area contributed by atoms with E-state index in [0.717, 1.165) is 40.9 Å². The van der Waals surface area contributed by atoms with Crippen molar-refractivity contribution in [2.75, 3.05) is 19.6 Å². The summed E-state index contributed by atoms with van der Waals surface area (Å²) in [6.07, 6.45) is 4.05. The molecule has 0 unspecified atom stereocenters. The molecule has 0 aliphatic carbocycles. The van der Waals surface area contributed by atoms with Crippen molar-refractivity contribution < 1.29 is 9.84 Å². The van der Waals surface area contributed by atoms with Crippen LogP contribution < -0.4 is 4.74 Å². The van der Waals surface area contributed by atoms with Crippen LogP contribution in [0.2, 0.25) is 0 Å². The van der Waals surface area contributed by atoms with Gasteiger partial charge in [0.25, 0.3) is 0 Å². The van der Waals surface area contributed by atoms with E-state index in [-0.39, 0.29) is 18.4 Å². The van der Waals surface area contributed by atoms with Gasteiger partial charge in [0.05, 0.1) is 12.1 Å². The van der Waals surface area contributed by atoms with Gasteiger partial charge in [0, 0.05) is 23.6 Å². The predicted molar refractivity (Wildman–Crippen MR) is 136 cm³/mol. The quantitative estimate of drug-likeness (QED) is 0.365. The average Bonchev–Trinajstić information content (AvgIpc) is 3.49. The number of nitrogens with zero attached hydrogens (tertiary/aromatic N) is 2. The van der Waals surface area contributed by atoms with Crippen molar-refractivity contribution in [1.29, 1.82) is 0 Å². The van der Waals surface area contributed by atoms with Gasteiger partial charge in [0.15, 0.2) is 0 Å². The highest BCUT2D eigenvalue weighted by molar-refractivity contribution is 5.85. The van der Waals surface area contributed by atoms with Crippen LogP contribution in [0.4, 0.5) is 0 Å². The lowest BCUT2D eigenvalue weighted by Crippen LogP contribution is -2.36. The SMILES string of the molecule is Cl.O[C@H](CN1CCCC1)[C@H](c1ccccc1)n1ccc2cc(OCc3ccccc3)ccc21. The number of likely N-dealkylation sites (tertiary alicyclic amines) is 1. The summed E-state index contributed by atoms with van der Waals surface area (Å²) >= 11 is 0. The molecule has 0 spiro atoms. The molecule has 2 atom stereocenters. The topological polar surface area (TPSA) is 37.6 Å². The molecule has 1 saturated heterocycles. The highest BCUT2D eigenvalue weighted by Gasteiger charge is 2.27. The number of ether oxygens (including phenoxy) is 1. The van der Waals surface area contributed by atoms with E-state index < -0.39 is 6.10 Å². The maximum absolute atomic E-state index is 11.3. The van der Waals surface area contributed by atoms with Crippen molar-refractivity contribution in [1.82, 2.24) is 9.47 Å². The molecule has 172 valence electrons. The standard InChI is InChI=1S/C28H30N2O2.ClH/c31-27(20-29-16-7-8-17-29)28(23-11-5-2-6-12-23)30-18-15-24-19-25(13-14-26(24)30)32-21-22-9-3-1-4-10-22;/h1-6,9-15,18-19,27-28,31H,7-8,16-17,20-21H2;1H/t27-,28+;/m1./s1. The van der Waals surface area contributed by atoms with Crippen LogP contribution in [0.25, 0.3) is 10.9 Å². The van der Waals surface area contributed by atoms with Crippen LogP contribution in [0, 0.1) is 0 Å². The van der Waals surface area contributed by atoms with Crippen molar-refractivity contribution in [3.63, 3.8) is 0 Å². The minimum absolute atomic E-state index is 0. The van der Waals surface area contributed by atoms with Gasteiger partial charge in [-0.15, -0.1) is 12.4 Å². The number of halogens is 1. The van der Waals surface area contributed by atoms with Gasteiger partial charge in [0.2, 0.25) is 0 Å². The molecule has 3 aromatic carbocycles. The summed E-state index contributed by atoms with van der Waals surface area (Å²) < 4.78 is 8.24. The lowest BCUT2D eigenvalue weighted by atomic mass is 10.0. The van der Waals surface area contributed by atoms with Crippen LogP contribution in [-0.4, -0.2) is 40.3 Å². The molecule has 0 radical (unpaired) electrons. The molecule has 4 aromatic rings. The first-order chi connectivity index (χ1) is 15.8. The number of aromatic nitrogens is 1. The zero-order chi connectivity index (χ0) is 21.8. The Balaban J connectivity index is 0.00000259. The summed E-state index contributed by atoms with van der Waals surface area (Å²) in [5.41, 5.74) is 3.38. The molecule has 2 heterocycles. The number of β-amino-alcohol motifs (C(OH)–C–C–N with tert-alkyl or cyclic N) is 1. The molecule has 1 fully saturated rings. The maximum Gasteiger partial charge on any atom is 0.120 e. The fourth-order valence-electron chi connectivity index (χ4n) is 4.76. The smallest absolute Gasteiger partial charge is 0.120 e. The van der Waals surface area contributed by atoms with Gasteiger partial charge in [-0.25, -0.2) is 0 Å². The largest absolute Gasteiger partial charge is 0.489 e. The van der Waals surface area contributed by atoms with E-state index in [4.69, 9.17) is 4.74 Å². The van der Waals surface area contributed by atoms with Gasteiger partial charge in [-0.1, -0.05) is 60.7 Å². The molecule has 0 bridgehead atoms. The summed E-state index contributed by atoms with van der Waals surface area (Å²) in [7, 11) is 0. The second-order valence-electron chi connectivity index (χ2n) is 8.65. The Labute approximate surface area is 201 Å². The molecule has 1 aliphatic heterocycles. The maximum atomic E-state index is 11.3. The van der Waals surface area contributed by atoms with E-state index in [0.29, 0.717) is 13.2 Å². The predicted octanol–water partition coefficient (Wildman–Crippen LogP) is 5.69. The Kier molecular flexibility index (Phi) is 7.71. The number of hydrogen-bond donors (Lipinski definition) is 1. The molecule has 0 saturated carbocycles. The van der Waals surface area contributed by atoms with Crippen LogP contribution in [0.5, 0.6) is 5.75 Å². The summed E-state index contributed by atoms with van der Waals surface area (Å²) in [6.45, 7) is 3.39. The minimum Gasteiger partial charge on any atom is -0.489 e. The molecular formula is C28H31ClN2O2. The van der Waals surface area contributed by atoms with Crippen LogP contribution in [-0.2, 0) is 6.61 Å². The zero-order valence-corrected chi connectivity index (χ0v) is 19.5. The molecule has 1 aliphatic rings. The number of hydrogen-bond acceptors (Lipinski definition) is 3. The molecule has 33 heavy (non-hydrogen) atoms. The van der Waals surface area contributed by atoms with Crippen molar-refractivity contribution >= 4 is 23.3 Å². The first-order valence-corrected chi connectivity index (χ1v) is 11.5. The van der Waals surface area contributed by atoms with E-state index in [1.165, 1.54) is 12.8 Å². The Morgan fingerprint density at radius 1 is 0.848 bits per heavy atom. The number of aliphatic hydroxyl groups excluding tert-OH is 1. The lowest BCUT2D eigenvalue weighted by molar-refractivity contribution is 0.0915. The van der Waals surface area contributed by atoms with Gasteiger partial charge in [-0.05, 0) is 61.3 Å². The second-order valence-corrected chi connectivity index (χ2v) is 8.65. The molecular weight excluding hydrogens is 432 g/mol. The van der Waals surface area contributed by atoms with Gasteiger partial charge in [0.1, 0.15) is 12.4 Å². The Hall–Kier alpha value is -2.79. The Morgan fingerprint density at radius 2 is 1.55 bits per heavy atom. The van der Waals surface area contributed by atoms with Crippen LogP contribution in [0.15, 0.2) is 91.1 Å². The second kappa shape index (κ2) is 10.9. The number of benzene rings is 3. The highest BCUT2D eigenvalue weighted by atomic mass is 35.5. The third-order valence-corrected chi connectivity index (χ3v) is 6.39. The van der Waals surface area contributed by atoms with Gasteiger partial charge < -0.3 is 19.3 Å². The van der Waals surface area contributed by atoms with E-state index in [1.54, 1.807) is 0 Å². The first kappa shape index (κ1) is 23.4. The summed E-state index contributed by atoms with van der Waals surface area (Å²) in [5, 5.41) is 12.4. The average molecular weight is 463 g/mol. The van der Waals surface area contributed by atoms with Crippen molar-refractivity contribution in [3.05, 3.63) is 102 Å². The van der Waals surface area contributed by atoms with E-state index >= 15 is 0 Å². The van der Waals surface area contributed by atoms with E-state index in [2.05, 4.69) is 58.1 Å². The molecule has 5 rings (SSSR count). The van der Waals surface area contributed by atoms with Gasteiger partial charge in [-0.2, -0.15) is 0 Å². The highest BCUT2D eigenvalue weighted by Crippen LogP contribution is 2.31. The summed E-state index contributed by atoms with van der Waals surface area (Å²) in [4.78, 5) is 2.38. The van der Waals surface area contributed by atoms with Crippen LogP contribution >= 0.6 is 12.4 Å². The monoisotopic (exact) mass is 462 g/mol. The summed E-state index contributed by atoms with van der Waals surface area (Å²) in [5.74, 6) is 0.855. The molecule has 0 amide bonds. The van der Waals surface area contributed by atoms with E-state index in [9.17, 15) is 5.11 Å². The van der Waals surface area contributed by atoms with Crippen LogP contribution in [0.3, 0.4) is 0 Å². The molecule has 1 aromatic heterocycles. The van der Waals surface area contributed by atoms with Crippen LogP contribution in [0.1, 0.15) is 30.0 Å². The Morgan fingerprint density at radius 3 is 2.27 bits per heavy atom. The van der Waals surface area contributed by atoms with Gasteiger partial charge in [-0.3, -0.25) is 0 Å². The third-order valence-electron chi connectivity index (χ3n) is 6.39. The third kappa shape index (κ3) is 5.41. The fourth-order valence-corrected chi connectivity index (χ4v) is 4.76. The fraction of sp³-hybridized carbons (Fsp3) is 0.286. The molecule has 5 heteroatoms. The summed E-state index contributed by atoms with van der Waals surface area (Å²) in [6, 6.07) is 28.8.